The van der Waals surface area contributed by atoms with Crippen molar-refractivity contribution in [3.8, 4) is 0 Å². The Bertz CT molecular complexity index is 1590. The second kappa shape index (κ2) is 11.6. The first-order valence-electron chi connectivity index (χ1n) is 14.4. The van der Waals surface area contributed by atoms with Gasteiger partial charge in [-0.05, 0) is 43.0 Å². The van der Waals surface area contributed by atoms with Crippen molar-refractivity contribution in [2.24, 2.45) is 0 Å². The zero-order chi connectivity index (χ0) is 29.4. The first kappa shape index (κ1) is 28.0. The molecule has 3 heterocycles. The molecule has 2 saturated heterocycles. The predicted octanol–water partition coefficient (Wildman–Crippen LogP) is 4.75. The first-order chi connectivity index (χ1) is 20.3. The van der Waals surface area contributed by atoms with Crippen LogP contribution in [-0.4, -0.2) is 75.7 Å². The van der Waals surface area contributed by atoms with Crippen LogP contribution in [0.4, 0.5) is 0 Å². The van der Waals surface area contributed by atoms with E-state index in [1.807, 2.05) is 24.0 Å². The number of benzene rings is 3. The molecule has 0 aliphatic carbocycles. The quantitative estimate of drug-likeness (QED) is 0.201. The van der Waals surface area contributed by atoms with Crippen molar-refractivity contribution < 1.29 is 14.4 Å². The number of piperazine rings is 1. The maximum atomic E-state index is 13.9. The number of carbonyl (C=O) groups is 3. The molecule has 0 spiro atoms. The fourth-order valence-electron chi connectivity index (χ4n) is 6.36. The number of Topliss-reactive ketones (excluding diaryl/α,β-unsaturated/α-hetero) is 1. The Morgan fingerprint density at radius 1 is 0.857 bits per heavy atom. The van der Waals surface area contributed by atoms with E-state index < -0.39 is 11.7 Å². The summed E-state index contributed by atoms with van der Waals surface area (Å²) in [5.41, 5.74) is 3.37. The lowest BCUT2D eigenvalue weighted by molar-refractivity contribution is -0.125. The van der Waals surface area contributed by atoms with E-state index in [4.69, 9.17) is 17.4 Å². The average Bonchev–Trinajstić information content (AvgIpc) is 3.66. The van der Waals surface area contributed by atoms with Gasteiger partial charge in [0.1, 0.15) is 0 Å². The molecule has 8 nitrogen and oxygen atoms in total. The molecule has 2 fully saturated rings. The van der Waals surface area contributed by atoms with E-state index >= 15 is 0 Å². The van der Waals surface area contributed by atoms with Crippen molar-refractivity contribution in [3.63, 3.8) is 0 Å². The highest BCUT2D eigenvalue weighted by atomic mass is 35.5. The van der Waals surface area contributed by atoms with Gasteiger partial charge in [-0.25, -0.2) is 0 Å². The van der Waals surface area contributed by atoms with Gasteiger partial charge in [0.15, 0.2) is 0 Å². The number of amides is 2. The van der Waals surface area contributed by atoms with Gasteiger partial charge in [0.05, 0.1) is 27.7 Å². The van der Waals surface area contributed by atoms with Crippen LogP contribution >= 0.6 is 11.6 Å². The third-order valence-corrected chi connectivity index (χ3v) is 8.81. The van der Waals surface area contributed by atoms with Crippen molar-refractivity contribution in [2.75, 3.05) is 38.6 Å². The fourth-order valence-corrected chi connectivity index (χ4v) is 6.59. The van der Waals surface area contributed by atoms with E-state index in [2.05, 4.69) is 53.4 Å². The van der Waals surface area contributed by atoms with Crippen molar-refractivity contribution in [2.45, 2.75) is 31.8 Å². The summed E-state index contributed by atoms with van der Waals surface area (Å²) >= 11 is 6.64. The summed E-state index contributed by atoms with van der Waals surface area (Å²) < 4.78 is 1.29. The van der Waals surface area contributed by atoms with Crippen LogP contribution in [0.5, 0.6) is 0 Å². The minimum absolute atomic E-state index is 0.0677. The second-order valence-electron chi connectivity index (χ2n) is 11.2. The summed E-state index contributed by atoms with van der Waals surface area (Å²) in [4.78, 5) is 45.9. The molecule has 9 heteroatoms. The number of hydrogen-bond donors (Lipinski definition) is 1. The number of hydrogen-bond acceptors (Lipinski definition) is 5. The van der Waals surface area contributed by atoms with E-state index in [0.29, 0.717) is 49.2 Å². The predicted molar refractivity (Wildman–Crippen MR) is 164 cm³/mol. The number of halogens is 1. The Kier molecular flexibility index (Phi) is 7.75. The highest BCUT2D eigenvalue weighted by Gasteiger charge is 2.34. The summed E-state index contributed by atoms with van der Waals surface area (Å²) in [5, 5.41) is 0.700. The van der Waals surface area contributed by atoms with Gasteiger partial charge in [-0.1, -0.05) is 72.3 Å². The maximum Gasteiger partial charge on any atom is 0.295 e. The molecule has 0 radical (unpaired) electrons. The van der Waals surface area contributed by atoms with Crippen molar-refractivity contribution in [1.82, 2.24) is 19.4 Å². The van der Waals surface area contributed by atoms with Gasteiger partial charge >= 0.3 is 0 Å². The lowest BCUT2D eigenvalue weighted by atomic mass is 9.95. The van der Waals surface area contributed by atoms with Gasteiger partial charge in [-0.15, -0.1) is 0 Å². The SMILES string of the molecule is CC1CN(C(c2ccccc2)c2ccccc2)CCN1C(=O)c1cc2c(C(=O)C(=O)N3CCCC3)cn(N)c2cc1Cl. The largest absolute Gasteiger partial charge is 0.339 e. The molecule has 2 amide bonds. The minimum atomic E-state index is -0.623. The van der Waals surface area contributed by atoms with Crippen molar-refractivity contribution in [3.05, 3.63) is 106 Å². The van der Waals surface area contributed by atoms with E-state index in [0.717, 1.165) is 12.8 Å². The molecule has 42 heavy (non-hydrogen) atoms. The third kappa shape index (κ3) is 5.16. The number of nitrogens with two attached hydrogens (primary N) is 1. The van der Waals surface area contributed by atoms with E-state index in [1.165, 1.54) is 22.0 Å². The lowest BCUT2D eigenvalue weighted by Gasteiger charge is -2.43. The molecule has 0 bridgehead atoms. The molecule has 1 aromatic heterocycles. The number of fused-ring (bicyclic) bond motifs is 1. The average molecular weight is 584 g/mol. The Hall–Kier alpha value is -4.14. The van der Waals surface area contributed by atoms with Crippen LogP contribution in [0.25, 0.3) is 10.9 Å². The Labute approximate surface area is 250 Å². The van der Waals surface area contributed by atoms with Gasteiger partial charge < -0.3 is 15.6 Å². The van der Waals surface area contributed by atoms with Crippen molar-refractivity contribution >= 4 is 40.1 Å². The normalized spacial score (nSPS) is 17.7. The van der Waals surface area contributed by atoms with Gasteiger partial charge in [0, 0.05) is 50.3 Å². The zero-order valence-electron chi connectivity index (χ0n) is 23.6. The lowest BCUT2D eigenvalue weighted by Crippen LogP contribution is -2.54. The topological polar surface area (TPSA) is 91.9 Å². The summed E-state index contributed by atoms with van der Waals surface area (Å²) in [7, 11) is 0. The van der Waals surface area contributed by atoms with E-state index in [9.17, 15) is 14.4 Å². The van der Waals surface area contributed by atoms with Crippen molar-refractivity contribution in [1.29, 1.82) is 0 Å². The van der Waals surface area contributed by atoms with E-state index in [1.54, 1.807) is 17.0 Å². The number of ketones is 1. The van der Waals surface area contributed by atoms with Crippen LogP contribution in [0.1, 0.15) is 57.7 Å². The molecule has 2 N–H and O–H groups in total. The molecule has 6 rings (SSSR count). The van der Waals surface area contributed by atoms with E-state index in [-0.39, 0.29) is 28.6 Å². The van der Waals surface area contributed by atoms with Crippen LogP contribution in [0.15, 0.2) is 79.0 Å². The number of nitrogen functional groups attached to an aromatic ring is 1. The number of carbonyl (C=O) groups excluding carboxylic acids is 3. The first-order valence-corrected chi connectivity index (χ1v) is 14.8. The molecule has 0 saturated carbocycles. The monoisotopic (exact) mass is 583 g/mol. The molecular weight excluding hydrogens is 550 g/mol. The maximum absolute atomic E-state index is 13.9. The Morgan fingerprint density at radius 3 is 2.07 bits per heavy atom. The molecule has 216 valence electrons. The highest BCUT2D eigenvalue weighted by molar-refractivity contribution is 6.45. The van der Waals surface area contributed by atoms with Crippen LogP contribution in [0.2, 0.25) is 5.02 Å². The molecule has 4 aromatic rings. The highest BCUT2D eigenvalue weighted by Crippen LogP contribution is 2.33. The second-order valence-corrected chi connectivity index (χ2v) is 11.6. The minimum Gasteiger partial charge on any atom is -0.339 e. The number of rotatable bonds is 6. The summed E-state index contributed by atoms with van der Waals surface area (Å²) in [5.74, 6) is 4.77. The van der Waals surface area contributed by atoms with Gasteiger partial charge in [-0.2, -0.15) is 0 Å². The number of aromatic nitrogens is 1. The molecular formula is C33H34ClN5O3. The Morgan fingerprint density at radius 2 is 1.48 bits per heavy atom. The zero-order valence-corrected chi connectivity index (χ0v) is 24.3. The summed E-state index contributed by atoms with van der Waals surface area (Å²) in [6.45, 7) is 5.05. The van der Waals surface area contributed by atoms with Gasteiger partial charge in [0.2, 0.25) is 0 Å². The standard InChI is InChI=1S/C33H34ClN5O3/c1-22-20-37(30(23-10-4-2-5-11-23)24-12-6-3-7-13-24)16-17-38(22)32(41)26-18-25-27(21-39(35)29(25)19-28(26)34)31(40)33(42)36-14-8-9-15-36/h2-7,10-13,18-19,21-22,30H,8-9,14-17,20,35H2,1H3. The van der Waals surface area contributed by atoms with Crippen LogP contribution < -0.4 is 5.84 Å². The van der Waals surface area contributed by atoms with Crippen LogP contribution in [0.3, 0.4) is 0 Å². The molecule has 1 atom stereocenters. The molecule has 1 unspecified atom stereocenters. The third-order valence-electron chi connectivity index (χ3n) is 8.50. The summed E-state index contributed by atoms with van der Waals surface area (Å²) in [6, 6.07) is 24.0. The molecule has 2 aliphatic rings. The van der Waals surface area contributed by atoms with Crippen LogP contribution in [0, 0.1) is 0 Å². The molecule has 3 aromatic carbocycles. The van der Waals surface area contributed by atoms with Crippen LogP contribution in [-0.2, 0) is 4.79 Å². The number of likely N-dealkylation sites (tertiary alicyclic amines) is 1. The smallest absolute Gasteiger partial charge is 0.295 e. The fraction of sp³-hybridized carbons (Fsp3) is 0.303. The van der Waals surface area contributed by atoms with Gasteiger partial charge in [-0.3, -0.25) is 24.0 Å². The summed E-state index contributed by atoms with van der Waals surface area (Å²) in [6.07, 6.45) is 3.21. The van der Waals surface area contributed by atoms with Gasteiger partial charge in [0.25, 0.3) is 17.6 Å². The number of nitrogens with zero attached hydrogens (tertiary/aromatic N) is 4. The molecule has 2 aliphatic heterocycles. The Balaban J connectivity index is 1.26.